The molecule has 1 aromatic carbocycles. The van der Waals surface area contributed by atoms with Crippen LogP contribution in [-0.4, -0.2) is 60.7 Å². The number of amides is 3. The van der Waals surface area contributed by atoms with Crippen molar-refractivity contribution in [3.8, 4) is 0 Å². The number of hydrogen-bond donors (Lipinski definition) is 1. The SMILES string of the molecule is CNC(=O)c1ccc(/C=C/C(=O)N2CCN(C(=O)C(C)(C)C)CC2)cc1. The number of rotatable bonds is 3. The zero-order valence-electron chi connectivity index (χ0n) is 15.9. The minimum atomic E-state index is -0.396. The summed E-state index contributed by atoms with van der Waals surface area (Å²) in [7, 11) is 1.59. The number of piperazine rings is 1. The molecular weight excluding hydrogens is 330 g/mol. The number of nitrogens with zero attached hydrogens (tertiary/aromatic N) is 2. The van der Waals surface area contributed by atoms with Gasteiger partial charge in [-0.1, -0.05) is 32.9 Å². The minimum absolute atomic E-state index is 0.0664. The predicted molar refractivity (Wildman–Crippen MR) is 101 cm³/mol. The first-order valence-corrected chi connectivity index (χ1v) is 8.81. The number of nitrogens with one attached hydrogen (secondary N) is 1. The molecule has 0 unspecified atom stereocenters. The molecule has 1 saturated heterocycles. The van der Waals surface area contributed by atoms with Crippen LogP contribution in [0.4, 0.5) is 0 Å². The number of carbonyl (C=O) groups is 3. The molecule has 0 bridgehead atoms. The molecule has 2 rings (SSSR count). The van der Waals surface area contributed by atoms with Crippen molar-refractivity contribution in [3.05, 3.63) is 41.5 Å². The molecule has 140 valence electrons. The van der Waals surface area contributed by atoms with Crippen molar-refractivity contribution < 1.29 is 14.4 Å². The van der Waals surface area contributed by atoms with Crippen LogP contribution in [-0.2, 0) is 9.59 Å². The molecule has 3 amide bonds. The van der Waals surface area contributed by atoms with Crippen LogP contribution in [0.5, 0.6) is 0 Å². The van der Waals surface area contributed by atoms with Crippen molar-refractivity contribution in [1.82, 2.24) is 15.1 Å². The average molecular weight is 357 g/mol. The molecule has 26 heavy (non-hydrogen) atoms. The van der Waals surface area contributed by atoms with Gasteiger partial charge in [-0.2, -0.15) is 0 Å². The fourth-order valence-electron chi connectivity index (χ4n) is 2.77. The highest BCUT2D eigenvalue weighted by Gasteiger charge is 2.30. The van der Waals surface area contributed by atoms with E-state index in [0.29, 0.717) is 31.7 Å². The Morgan fingerprint density at radius 1 is 0.962 bits per heavy atom. The summed E-state index contributed by atoms with van der Waals surface area (Å²) in [6.07, 6.45) is 3.28. The molecule has 0 aliphatic carbocycles. The number of hydrogen-bond acceptors (Lipinski definition) is 3. The normalized spacial score (nSPS) is 15.2. The van der Waals surface area contributed by atoms with Crippen LogP contribution < -0.4 is 5.32 Å². The van der Waals surface area contributed by atoms with E-state index in [1.54, 1.807) is 42.3 Å². The fourth-order valence-corrected chi connectivity index (χ4v) is 2.77. The van der Waals surface area contributed by atoms with Crippen molar-refractivity contribution in [1.29, 1.82) is 0 Å². The van der Waals surface area contributed by atoms with Crippen LogP contribution in [0, 0.1) is 5.41 Å². The topological polar surface area (TPSA) is 69.7 Å². The third kappa shape index (κ3) is 4.94. The van der Waals surface area contributed by atoms with E-state index in [9.17, 15) is 14.4 Å². The van der Waals surface area contributed by atoms with Gasteiger partial charge in [-0.05, 0) is 23.8 Å². The van der Waals surface area contributed by atoms with Gasteiger partial charge >= 0.3 is 0 Å². The lowest BCUT2D eigenvalue weighted by Crippen LogP contribution is -2.52. The van der Waals surface area contributed by atoms with E-state index in [2.05, 4.69) is 5.32 Å². The van der Waals surface area contributed by atoms with E-state index >= 15 is 0 Å². The van der Waals surface area contributed by atoms with Gasteiger partial charge in [-0.3, -0.25) is 14.4 Å². The van der Waals surface area contributed by atoms with E-state index < -0.39 is 5.41 Å². The van der Waals surface area contributed by atoms with Crippen molar-refractivity contribution in [2.24, 2.45) is 5.41 Å². The first-order chi connectivity index (χ1) is 12.2. The molecular formula is C20H27N3O3. The molecule has 6 heteroatoms. The Kier molecular flexibility index (Phi) is 6.18. The maximum Gasteiger partial charge on any atom is 0.251 e. The van der Waals surface area contributed by atoms with Crippen LogP contribution in [0.2, 0.25) is 0 Å². The van der Waals surface area contributed by atoms with Crippen LogP contribution in [0.3, 0.4) is 0 Å². The summed E-state index contributed by atoms with van der Waals surface area (Å²) in [6.45, 7) is 7.94. The molecule has 0 spiro atoms. The Morgan fingerprint density at radius 3 is 2.00 bits per heavy atom. The second-order valence-electron chi connectivity index (χ2n) is 7.40. The van der Waals surface area contributed by atoms with Crippen LogP contribution in [0.15, 0.2) is 30.3 Å². The predicted octanol–water partition coefficient (Wildman–Crippen LogP) is 1.78. The quantitative estimate of drug-likeness (QED) is 0.839. The molecule has 1 fully saturated rings. The Labute approximate surface area is 154 Å². The molecule has 6 nitrogen and oxygen atoms in total. The molecule has 1 N–H and O–H groups in total. The van der Waals surface area contributed by atoms with Crippen molar-refractivity contribution in [2.75, 3.05) is 33.2 Å². The van der Waals surface area contributed by atoms with Crippen LogP contribution >= 0.6 is 0 Å². The highest BCUT2D eigenvalue weighted by Crippen LogP contribution is 2.18. The van der Waals surface area contributed by atoms with E-state index in [1.807, 2.05) is 25.7 Å². The highest BCUT2D eigenvalue weighted by molar-refractivity contribution is 5.95. The highest BCUT2D eigenvalue weighted by atomic mass is 16.2. The standard InChI is InChI=1S/C20H27N3O3/c1-20(2,3)19(26)23-13-11-22(12-14-23)17(24)10-7-15-5-8-16(9-6-15)18(25)21-4/h5-10H,11-14H2,1-4H3,(H,21,25)/b10-7+. The zero-order chi connectivity index (χ0) is 19.3. The van der Waals surface area contributed by atoms with E-state index in [-0.39, 0.29) is 17.7 Å². The third-order valence-electron chi connectivity index (χ3n) is 4.34. The molecule has 0 saturated carbocycles. The van der Waals surface area contributed by atoms with Gasteiger partial charge in [0.2, 0.25) is 11.8 Å². The smallest absolute Gasteiger partial charge is 0.251 e. The lowest BCUT2D eigenvalue weighted by Gasteiger charge is -2.37. The molecule has 1 aliphatic rings. The van der Waals surface area contributed by atoms with Gasteiger partial charge in [-0.25, -0.2) is 0 Å². The lowest BCUT2D eigenvalue weighted by atomic mass is 9.94. The zero-order valence-corrected chi connectivity index (χ0v) is 15.9. The monoisotopic (exact) mass is 357 g/mol. The largest absolute Gasteiger partial charge is 0.355 e. The van der Waals surface area contributed by atoms with Gasteiger partial charge in [-0.15, -0.1) is 0 Å². The second-order valence-corrected chi connectivity index (χ2v) is 7.40. The average Bonchev–Trinajstić information content (AvgIpc) is 2.64. The summed E-state index contributed by atoms with van der Waals surface area (Å²) in [6, 6.07) is 7.04. The molecule has 1 aliphatic heterocycles. The van der Waals surface area contributed by atoms with Crippen molar-refractivity contribution in [3.63, 3.8) is 0 Å². The Morgan fingerprint density at radius 2 is 1.50 bits per heavy atom. The van der Waals surface area contributed by atoms with E-state index in [1.165, 1.54) is 6.08 Å². The molecule has 1 aromatic rings. The summed E-state index contributed by atoms with van der Waals surface area (Å²) in [4.78, 5) is 39.7. The van der Waals surface area contributed by atoms with E-state index in [4.69, 9.17) is 0 Å². The second kappa shape index (κ2) is 8.17. The lowest BCUT2D eigenvalue weighted by molar-refractivity contribution is -0.143. The number of carbonyl (C=O) groups excluding carboxylic acids is 3. The first-order valence-electron chi connectivity index (χ1n) is 8.81. The van der Waals surface area contributed by atoms with Crippen molar-refractivity contribution in [2.45, 2.75) is 20.8 Å². The van der Waals surface area contributed by atoms with Gasteiger partial charge in [0, 0.05) is 50.3 Å². The molecule has 0 atom stereocenters. The van der Waals surface area contributed by atoms with Gasteiger partial charge < -0.3 is 15.1 Å². The fraction of sp³-hybridized carbons (Fsp3) is 0.450. The van der Waals surface area contributed by atoms with Gasteiger partial charge in [0.1, 0.15) is 0 Å². The maximum absolute atomic E-state index is 12.3. The van der Waals surface area contributed by atoms with Crippen LogP contribution in [0.1, 0.15) is 36.7 Å². The molecule has 0 aromatic heterocycles. The first kappa shape index (κ1) is 19.7. The third-order valence-corrected chi connectivity index (χ3v) is 4.34. The summed E-state index contributed by atoms with van der Waals surface area (Å²) in [5, 5.41) is 2.57. The van der Waals surface area contributed by atoms with Gasteiger partial charge in [0.05, 0.1) is 0 Å². The van der Waals surface area contributed by atoms with Gasteiger partial charge in [0.15, 0.2) is 0 Å². The maximum atomic E-state index is 12.3. The van der Waals surface area contributed by atoms with Gasteiger partial charge in [0.25, 0.3) is 5.91 Å². The Hall–Kier alpha value is -2.63. The molecule has 1 heterocycles. The summed E-state index contributed by atoms with van der Waals surface area (Å²) in [5.74, 6) is -0.0844. The summed E-state index contributed by atoms with van der Waals surface area (Å²) < 4.78 is 0. The van der Waals surface area contributed by atoms with Crippen molar-refractivity contribution >= 4 is 23.8 Å². The molecule has 0 radical (unpaired) electrons. The summed E-state index contributed by atoms with van der Waals surface area (Å²) in [5.41, 5.74) is 1.04. The Bertz CT molecular complexity index is 694. The number of benzene rings is 1. The van der Waals surface area contributed by atoms with E-state index in [0.717, 1.165) is 5.56 Å². The van der Waals surface area contributed by atoms with Crippen LogP contribution in [0.25, 0.3) is 6.08 Å². The summed E-state index contributed by atoms with van der Waals surface area (Å²) >= 11 is 0. The Balaban J connectivity index is 1.90. The minimum Gasteiger partial charge on any atom is -0.355 e.